The van der Waals surface area contributed by atoms with Gasteiger partial charge in [-0.1, -0.05) is 50.8 Å². The molecule has 0 atom stereocenters. The first-order chi connectivity index (χ1) is 16.0. The monoisotopic (exact) mass is 689 g/mol. The normalized spacial score (nSPS) is 10.5. The van der Waals surface area contributed by atoms with Gasteiger partial charge in [0.1, 0.15) is 5.69 Å². The second kappa shape index (κ2) is 12.9. The van der Waals surface area contributed by atoms with Crippen LogP contribution in [0.5, 0.6) is 0 Å². The van der Waals surface area contributed by atoms with Gasteiger partial charge in [0.15, 0.2) is 0 Å². The topological polar surface area (TPSA) is 67.5 Å². The minimum atomic E-state index is -0.990. The van der Waals surface area contributed by atoms with E-state index in [1.165, 1.54) is 46.2 Å². The number of aromatic carboxylic acids is 1. The van der Waals surface area contributed by atoms with E-state index >= 15 is 0 Å². The molecule has 0 fully saturated rings. The zero-order valence-electron chi connectivity index (χ0n) is 19.9. The summed E-state index contributed by atoms with van der Waals surface area (Å²) < 4.78 is 2.35. The van der Waals surface area contributed by atoms with Crippen LogP contribution >= 0.6 is 0 Å². The van der Waals surface area contributed by atoms with Crippen LogP contribution < -0.4 is 0 Å². The molecule has 3 aromatic heterocycles. The van der Waals surface area contributed by atoms with E-state index in [0.717, 1.165) is 23.9 Å². The molecular weight excluding hydrogens is 661 g/mol. The van der Waals surface area contributed by atoms with Gasteiger partial charge in [0.25, 0.3) is 0 Å². The molecule has 0 aliphatic rings. The number of hydrogen-bond acceptors (Lipinski definition) is 3. The maximum absolute atomic E-state index is 10.1. The predicted octanol–water partition coefficient (Wildman–Crippen LogP) is 6.37. The molecule has 0 saturated heterocycles. The van der Waals surface area contributed by atoms with Crippen molar-refractivity contribution in [2.24, 2.45) is 5.92 Å². The van der Waals surface area contributed by atoms with Crippen LogP contribution in [-0.2, 0) is 49.4 Å². The van der Waals surface area contributed by atoms with Crippen molar-refractivity contribution in [2.75, 3.05) is 0 Å². The number of fused-ring (bicyclic) bond motifs is 6. The molecule has 1 radical (unpaired) electrons. The quantitative estimate of drug-likeness (QED) is 0.133. The van der Waals surface area contributed by atoms with Gasteiger partial charge in [-0.3, -0.25) is 4.98 Å². The Morgan fingerprint density at radius 1 is 1.09 bits per heavy atom. The maximum atomic E-state index is 10.1. The van der Waals surface area contributed by atoms with Crippen LogP contribution in [0.1, 0.15) is 48.9 Å². The maximum Gasteiger partial charge on any atom is 0.354 e. The van der Waals surface area contributed by atoms with Gasteiger partial charge < -0.3 is 9.51 Å². The Morgan fingerprint density at radius 2 is 1.89 bits per heavy atom. The van der Waals surface area contributed by atoms with E-state index in [0.29, 0.717) is 5.92 Å². The fraction of sp³-hybridized carbons (Fsp3) is 0.250. The SMILES string of the molecule is CCCc1ccc2c3ccc[c-]c3c3ncc(CC(C)C)n3c2c1.O=C(O)c1ccccn1.[Ir].[Ni]. The summed E-state index contributed by atoms with van der Waals surface area (Å²) in [6.07, 6.45) is 6.81. The average Bonchev–Trinajstić information content (AvgIpc) is 3.24. The molecular formula is C28H28IrN3NiO2-. The van der Waals surface area contributed by atoms with Crippen LogP contribution in [0.2, 0.25) is 0 Å². The molecule has 0 aliphatic carbocycles. The first-order valence-corrected chi connectivity index (χ1v) is 11.3. The number of imidazole rings is 1. The molecule has 0 bridgehead atoms. The van der Waals surface area contributed by atoms with Gasteiger partial charge in [0.05, 0.1) is 5.65 Å². The Balaban J connectivity index is 0.000000336. The van der Waals surface area contributed by atoms with E-state index in [1.807, 2.05) is 12.3 Å². The minimum Gasteiger partial charge on any atom is -0.477 e. The smallest absolute Gasteiger partial charge is 0.354 e. The van der Waals surface area contributed by atoms with Gasteiger partial charge in [-0.05, 0) is 47.9 Å². The Morgan fingerprint density at radius 3 is 2.51 bits per heavy atom. The molecule has 2 aromatic carbocycles. The van der Waals surface area contributed by atoms with Crippen LogP contribution in [0.25, 0.3) is 27.3 Å². The van der Waals surface area contributed by atoms with Gasteiger partial charge >= 0.3 is 5.97 Å². The van der Waals surface area contributed by atoms with E-state index in [1.54, 1.807) is 12.1 Å². The van der Waals surface area contributed by atoms with Crippen LogP contribution in [0.15, 0.2) is 67.0 Å². The van der Waals surface area contributed by atoms with E-state index in [4.69, 9.17) is 10.1 Å². The van der Waals surface area contributed by atoms with E-state index in [9.17, 15) is 4.79 Å². The number of aryl methyl sites for hydroxylation is 1. The number of rotatable bonds is 5. The van der Waals surface area contributed by atoms with Crippen LogP contribution in [0, 0.1) is 12.0 Å². The van der Waals surface area contributed by atoms with Crippen LogP contribution in [0.4, 0.5) is 0 Å². The second-order valence-electron chi connectivity index (χ2n) is 8.59. The molecule has 0 saturated carbocycles. The first-order valence-electron chi connectivity index (χ1n) is 11.3. The predicted molar refractivity (Wildman–Crippen MR) is 133 cm³/mol. The Bertz CT molecular complexity index is 1420. The molecule has 5 aromatic rings. The fourth-order valence-corrected chi connectivity index (χ4v) is 4.16. The third kappa shape index (κ3) is 6.35. The van der Waals surface area contributed by atoms with Gasteiger partial charge in [0.2, 0.25) is 0 Å². The second-order valence-corrected chi connectivity index (χ2v) is 8.59. The molecule has 1 N–H and O–H groups in total. The molecule has 7 heteroatoms. The Labute approximate surface area is 229 Å². The summed E-state index contributed by atoms with van der Waals surface area (Å²) in [7, 11) is 0. The molecule has 0 spiro atoms. The zero-order chi connectivity index (χ0) is 23.4. The van der Waals surface area contributed by atoms with E-state index in [2.05, 4.69) is 66.6 Å². The summed E-state index contributed by atoms with van der Waals surface area (Å²) in [5.74, 6) is -0.384. The Kier molecular flexibility index (Phi) is 10.6. The average molecular weight is 689 g/mol. The molecule has 5 rings (SSSR count). The standard InChI is InChI=1S/C22H23N2.C6H5NO2.Ir.Ni/c1-4-7-16-10-11-19-18-8-5-6-9-20(18)22-23-14-17(12-15(2)3)24(22)21(19)13-16;8-6(9)5-3-1-2-4-7-5;;/h5-6,8,10-11,13-15H,4,7,12H2,1-3H3;1-4H,(H,8,9);;/q-1;;;. The van der Waals surface area contributed by atoms with Crippen LogP contribution in [0.3, 0.4) is 0 Å². The number of carbonyl (C=O) groups is 1. The first kappa shape index (κ1) is 28.6. The largest absolute Gasteiger partial charge is 0.477 e. The molecule has 0 amide bonds. The Hall–Kier alpha value is -2.59. The van der Waals surface area contributed by atoms with Crippen molar-refractivity contribution in [2.45, 2.75) is 40.0 Å². The van der Waals surface area contributed by atoms with Crippen molar-refractivity contribution >= 4 is 33.3 Å². The summed E-state index contributed by atoms with van der Waals surface area (Å²) in [5.41, 5.74) is 5.07. The summed E-state index contributed by atoms with van der Waals surface area (Å²) in [4.78, 5) is 18.5. The van der Waals surface area contributed by atoms with Gasteiger partial charge in [-0.25, -0.2) is 9.78 Å². The number of nitrogens with zero attached hydrogens (tertiary/aromatic N) is 3. The molecule has 187 valence electrons. The molecule has 0 aliphatic heterocycles. The molecule has 3 heterocycles. The number of carboxylic acid groups (broad SMARTS) is 1. The third-order valence-electron chi connectivity index (χ3n) is 5.55. The number of pyridine rings is 2. The van der Waals surface area contributed by atoms with E-state index in [-0.39, 0.29) is 42.3 Å². The number of benzene rings is 2. The summed E-state index contributed by atoms with van der Waals surface area (Å²) in [5, 5.41) is 12.0. The van der Waals surface area contributed by atoms with Crippen molar-refractivity contribution in [3.05, 3.63) is 90.0 Å². The van der Waals surface area contributed by atoms with Gasteiger partial charge in [-0.15, -0.1) is 29.7 Å². The van der Waals surface area contributed by atoms with E-state index < -0.39 is 5.97 Å². The third-order valence-corrected chi connectivity index (χ3v) is 5.55. The van der Waals surface area contributed by atoms with Crippen molar-refractivity contribution in [3.8, 4) is 0 Å². The van der Waals surface area contributed by atoms with Crippen molar-refractivity contribution in [1.82, 2.24) is 14.4 Å². The molecule has 35 heavy (non-hydrogen) atoms. The van der Waals surface area contributed by atoms with Crippen molar-refractivity contribution < 1.29 is 46.5 Å². The number of aromatic nitrogens is 3. The fourth-order valence-electron chi connectivity index (χ4n) is 4.16. The molecule has 0 unspecified atom stereocenters. The summed E-state index contributed by atoms with van der Waals surface area (Å²) in [6.45, 7) is 6.76. The summed E-state index contributed by atoms with van der Waals surface area (Å²) >= 11 is 0. The number of hydrogen-bond donors (Lipinski definition) is 1. The van der Waals surface area contributed by atoms with Gasteiger partial charge in [0, 0.05) is 60.2 Å². The van der Waals surface area contributed by atoms with Crippen molar-refractivity contribution in [3.63, 3.8) is 0 Å². The zero-order valence-corrected chi connectivity index (χ0v) is 23.3. The minimum absolute atomic E-state index is 0. The molecule has 5 nitrogen and oxygen atoms in total. The summed E-state index contributed by atoms with van der Waals surface area (Å²) in [6, 6.07) is 21.3. The van der Waals surface area contributed by atoms with Crippen LogP contribution in [-0.4, -0.2) is 25.4 Å². The van der Waals surface area contributed by atoms with Crippen molar-refractivity contribution in [1.29, 1.82) is 0 Å². The number of carboxylic acids is 1. The van der Waals surface area contributed by atoms with Gasteiger partial charge in [-0.2, -0.15) is 0 Å².